The molecule has 0 saturated heterocycles. The van der Waals surface area contributed by atoms with E-state index >= 15 is 0 Å². The van der Waals surface area contributed by atoms with Crippen LogP contribution in [0.15, 0.2) is 35.4 Å². The Morgan fingerprint density at radius 1 is 1.38 bits per heavy atom. The van der Waals surface area contributed by atoms with Crippen LogP contribution in [0.1, 0.15) is 11.5 Å². The predicted octanol–water partition coefficient (Wildman–Crippen LogP) is 2.07. The summed E-state index contributed by atoms with van der Waals surface area (Å²) in [6, 6.07) is 9.52. The van der Waals surface area contributed by atoms with E-state index in [-0.39, 0.29) is 12.5 Å². The van der Waals surface area contributed by atoms with E-state index in [2.05, 4.69) is 10.0 Å². The smallest absolute Gasteiger partial charge is 0.0501 e. The van der Waals surface area contributed by atoms with Crippen molar-refractivity contribution in [3.63, 3.8) is 0 Å². The van der Waals surface area contributed by atoms with Crippen LogP contribution in [-0.4, -0.2) is 18.3 Å². The lowest BCUT2D eigenvalue weighted by Crippen LogP contribution is -2.06. The second-order valence-electron chi connectivity index (χ2n) is 2.70. The maximum absolute atomic E-state index is 9.02. The Hall–Kier alpha value is -1.51. The number of azide groups is 1. The van der Waals surface area contributed by atoms with Crippen molar-refractivity contribution in [3.05, 3.63) is 46.3 Å². The normalized spacial score (nSPS) is 11.8. The van der Waals surface area contributed by atoms with Crippen LogP contribution in [0.3, 0.4) is 0 Å². The Morgan fingerprint density at radius 2 is 2.08 bits per heavy atom. The summed E-state index contributed by atoms with van der Waals surface area (Å²) in [7, 11) is 0. The highest BCUT2D eigenvalue weighted by Crippen LogP contribution is 2.14. The fourth-order valence-electron chi connectivity index (χ4n) is 1.13. The van der Waals surface area contributed by atoms with Gasteiger partial charge in [0.15, 0.2) is 0 Å². The topological polar surface area (TPSA) is 69.0 Å². The van der Waals surface area contributed by atoms with Crippen LogP contribution in [0.2, 0.25) is 0 Å². The molecule has 0 unspecified atom stereocenters. The molecule has 4 nitrogen and oxygen atoms in total. The third-order valence-corrected chi connectivity index (χ3v) is 1.86. The highest BCUT2D eigenvalue weighted by atomic mass is 16.3. The van der Waals surface area contributed by atoms with Gasteiger partial charge in [0.2, 0.25) is 0 Å². The summed E-state index contributed by atoms with van der Waals surface area (Å²) < 4.78 is 0. The first-order valence-corrected chi connectivity index (χ1v) is 4.05. The molecule has 0 aromatic heterocycles. The molecule has 1 aromatic carbocycles. The number of hydrogen-bond donors (Lipinski definition) is 1. The zero-order chi connectivity index (χ0) is 9.52. The van der Waals surface area contributed by atoms with Gasteiger partial charge in [-0.15, -0.1) is 0 Å². The maximum atomic E-state index is 9.02. The summed E-state index contributed by atoms with van der Waals surface area (Å²) in [5.74, 6) is -0.0860. The Labute approximate surface area is 76.5 Å². The number of hydrogen-bond acceptors (Lipinski definition) is 2. The van der Waals surface area contributed by atoms with E-state index in [4.69, 9.17) is 10.6 Å². The summed E-state index contributed by atoms with van der Waals surface area (Å²) in [4.78, 5) is 2.66. The molecule has 0 aliphatic carbocycles. The van der Waals surface area contributed by atoms with Crippen LogP contribution in [0, 0.1) is 0 Å². The van der Waals surface area contributed by atoms with E-state index in [0.717, 1.165) is 5.56 Å². The van der Waals surface area contributed by atoms with Crippen molar-refractivity contribution in [1.82, 2.24) is 0 Å². The Morgan fingerprint density at radius 3 is 2.62 bits per heavy atom. The summed E-state index contributed by atoms with van der Waals surface area (Å²) in [6.45, 7) is 0.306. The average Bonchev–Trinajstić information content (AvgIpc) is 2.21. The average molecular weight is 177 g/mol. The van der Waals surface area contributed by atoms with Gasteiger partial charge in [0.05, 0.1) is 6.61 Å². The molecular weight excluding hydrogens is 166 g/mol. The number of aliphatic hydroxyl groups excluding tert-OH is 1. The lowest BCUT2D eigenvalue weighted by atomic mass is 10.0. The lowest BCUT2D eigenvalue weighted by molar-refractivity contribution is 0.268. The minimum Gasteiger partial charge on any atom is -0.396 e. The van der Waals surface area contributed by atoms with Crippen molar-refractivity contribution in [2.75, 3.05) is 13.2 Å². The molecule has 0 aliphatic heterocycles. The Kier molecular flexibility index (Phi) is 3.82. The molecule has 0 amide bonds. The zero-order valence-electron chi connectivity index (χ0n) is 7.17. The molecule has 1 atom stereocenters. The fraction of sp³-hybridized carbons (Fsp3) is 0.333. The molecule has 68 valence electrons. The molecule has 0 spiro atoms. The number of rotatable bonds is 4. The predicted molar refractivity (Wildman–Crippen MR) is 50.3 cm³/mol. The molecular formula is C9H11N3O. The van der Waals surface area contributed by atoms with Gasteiger partial charge in [-0.1, -0.05) is 35.4 Å². The van der Waals surface area contributed by atoms with Crippen LogP contribution in [-0.2, 0) is 0 Å². The quantitative estimate of drug-likeness (QED) is 0.427. The van der Waals surface area contributed by atoms with Gasteiger partial charge in [-0.2, -0.15) is 0 Å². The van der Waals surface area contributed by atoms with Crippen molar-refractivity contribution in [1.29, 1.82) is 0 Å². The second-order valence-corrected chi connectivity index (χ2v) is 2.70. The second kappa shape index (κ2) is 5.19. The van der Waals surface area contributed by atoms with Gasteiger partial charge in [-0.25, -0.2) is 0 Å². The first kappa shape index (κ1) is 9.58. The van der Waals surface area contributed by atoms with Crippen LogP contribution >= 0.6 is 0 Å². The summed E-state index contributed by atoms with van der Waals surface area (Å²) in [5.41, 5.74) is 9.13. The summed E-state index contributed by atoms with van der Waals surface area (Å²) in [6.07, 6.45) is 0. The van der Waals surface area contributed by atoms with Crippen molar-refractivity contribution < 1.29 is 5.11 Å². The molecule has 1 aromatic rings. The summed E-state index contributed by atoms with van der Waals surface area (Å²) in [5, 5.41) is 12.5. The van der Waals surface area contributed by atoms with Gasteiger partial charge in [-0.3, -0.25) is 0 Å². The lowest BCUT2D eigenvalue weighted by Gasteiger charge is -2.10. The maximum Gasteiger partial charge on any atom is 0.0501 e. The molecule has 1 N–H and O–H groups in total. The Balaban J connectivity index is 2.72. The molecule has 0 saturated carbocycles. The van der Waals surface area contributed by atoms with Crippen LogP contribution in [0.4, 0.5) is 0 Å². The molecule has 0 fully saturated rings. The highest BCUT2D eigenvalue weighted by Gasteiger charge is 2.07. The van der Waals surface area contributed by atoms with E-state index in [0.29, 0.717) is 6.54 Å². The molecule has 0 heterocycles. The minimum atomic E-state index is -0.0860. The zero-order valence-corrected chi connectivity index (χ0v) is 7.17. The molecule has 13 heavy (non-hydrogen) atoms. The van der Waals surface area contributed by atoms with Crippen LogP contribution in [0.5, 0.6) is 0 Å². The van der Waals surface area contributed by atoms with E-state index in [1.165, 1.54) is 0 Å². The van der Waals surface area contributed by atoms with Crippen LogP contribution < -0.4 is 0 Å². The molecule has 1 rings (SSSR count). The SMILES string of the molecule is [N-]=[N+]=NC[C@H](CO)c1ccccc1. The summed E-state index contributed by atoms with van der Waals surface area (Å²) >= 11 is 0. The van der Waals surface area contributed by atoms with Crippen molar-refractivity contribution in [2.24, 2.45) is 5.11 Å². The van der Waals surface area contributed by atoms with Gasteiger partial charge >= 0.3 is 0 Å². The molecule has 0 aliphatic rings. The number of aliphatic hydroxyl groups is 1. The standard InChI is InChI=1S/C9H11N3O/c10-12-11-6-9(7-13)8-4-2-1-3-5-8/h1-5,9,13H,6-7H2/t9-/m1/s1. The van der Waals surface area contributed by atoms with Crippen LogP contribution in [0.25, 0.3) is 10.4 Å². The van der Waals surface area contributed by atoms with E-state index < -0.39 is 0 Å². The van der Waals surface area contributed by atoms with Crippen molar-refractivity contribution >= 4 is 0 Å². The largest absolute Gasteiger partial charge is 0.396 e. The Bertz CT molecular complexity index is 293. The third-order valence-electron chi connectivity index (χ3n) is 1.86. The van der Waals surface area contributed by atoms with Gasteiger partial charge in [-0.05, 0) is 11.1 Å². The van der Waals surface area contributed by atoms with E-state index in [1.54, 1.807) is 0 Å². The molecule has 0 bridgehead atoms. The number of nitrogens with zero attached hydrogens (tertiary/aromatic N) is 3. The van der Waals surface area contributed by atoms with Gasteiger partial charge in [0, 0.05) is 17.4 Å². The first-order chi connectivity index (χ1) is 6.38. The van der Waals surface area contributed by atoms with Gasteiger partial charge < -0.3 is 5.11 Å². The minimum absolute atomic E-state index is 0.00301. The van der Waals surface area contributed by atoms with Crippen molar-refractivity contribution in [2.45, 2.75) is 5.92 Å². The van der Waals surface area contributed by atoms with Gasteiger partial charge in [0.25, 0.3) is 0 Å². The fourth-order valence-corrected chi connectivity index (χ4v) is 1.13. The van der Waals surface area contributed by atoms with E-state index in [1.807, 2.05) is 30.3 Å². The van der Waals surface area contributed by atoms with Gasteiger partial charge in [0.1, 0.15) is 0 Å². The third kappa shape index (κ3) is 2.78. The van der Waals surface area contributed by atoms with E-state index in [9.17, 15) is 0 Å². The monoisotopic (exact) mass is 177 g/mol. The number of benzene rings is 1. The van der Waals surface area contributed by atoms with Crippen molar-refractivity contribution in [3.8, 4) is 0 Å². The molecule has 4 heteroatoms. The first-order valence-electron chi connectivity index (χ1n) is 4.05. The highest BCUT2D eigenvalue weighted by molar-refractivity contribution is 5.19. The molecule has 0 radical (unpaired) electrons.